The van der Waals surface area contributed by atoms with Crippen LogP contribution in [-0.4, -0.2) is 44.5 Å². The molecule has 2 atom stereocenters. The van der Waals surface area contributed by atoms with E-state index < -0.39 is 42.1 Å². The number of allylic oxidation sites excluding steroid dienone is 1. The van der Waals surface area contributed by atoms with Gasteiger partial charge in [0.25, 0.3) is 0 Å². The molecule has 1 saturated heterocycles. The molecule has 0 unspecified atom stereocenters. The van der Waals surface area contributed by atoms with Crippen LogP contribution in [0.4, 0.5) is 0 Å². The first-order chi connectivity index (χ1) is 10.1. The normalized spacial score (nSPS) is 29.2. The number of hydrogen-bond acceptors (Lipinski definition) is 6. The molecule has 0 aromatic rings. The minimum atomic E-state index is -0.661. The van der Waals surface area contributed by atoms with Gasteiger partial charge in [-0.15, -0.1) is 0 Å². The van der Waals surface area contributed by atoms with Crippen LogP contribution in [0.5, 0.6) is 0 Å². The predicted molar refractivity (Wildman–Crippen MR) is 79.8 cm³/mol. The lowest BCUT2D eigenvalue weighted by atomic mass is 9.77. The molecule has 22 heavy (non-hydrogen) atoms. The molecule has 0 N–H and O–H groups in total. The minimum absolute atomic E-state index is 0.364. The third kappa shape index (κ3) is 2.79. The van der Waals surface area contributed by atoms with Crippen molar-refractivity contribution in [2.75, 3.05) is 14.2 Å². The molecule has 1 aliphatic carbocycles. The average Bonchev–Trinajstić information content (AvgIpc) is 2.97. The maximum Gasteiger partial charge on any atom is 0.490 e. The van der Waals surface area contributed by atoms with Gasteiger partial charge in [0.2, 0.25) is 0 Å². The standard InChI is InChI=1S/C15H23BO6/c1-14(2)15(3,4)22-16(21-14)9-7-10(12(17)19-5)11(8-9)13(18)20-6/h7,10-11H,8H2,1-6H3/t10-,11-/m1/s1. The molecule has 0 radical (unpaired) electrons. The molecule has 1 heterocycles. The van der Waals surface area contributed by atoms with Crippen molar-refractivity contribution in [3.05, 3.63) is 11.5 Å². The largest absolute Gasteiger partial charge is 0.490 e. The van der Waals surface area contributed by atoms with E-state index in [1.54, 1.807) is 6.08 Å². The first kappa shape index (κ1) is 17.0. The topological polar surface area (TPSA) is 71.1 Å². The van der Waals surface area contributed by atoms with E-state index in [-0.39, 0.29) is 0 Å². The van der Waals surface area contributed by atoms with E-state index in [0.29, 0.717) is 6.42 Å². The Kier molecular flexibility index (Phi) is 4.41. The first-order valence-electron chi connectivity index (χ1n) is 7.35. The summed E-state index contributed by atoms with van der Waals surface area (Å²) in [5.74, 6) is -2.14. The molecular weight excluding hydrogens is 287 g/mol. The second-order valence-corrected chi connectivity index (χ2v) is 6.71. The van der Waals surface area contributed by atoms with E-state index in [2.05, 4.69) is 0 Å². The van der Waals surface area contributed by atoms with Gasteiger partial charge in [0, 0.05) is 0 Å². The number of carbonyl (C=O) groups excluding carboxylic acids is 2. The predicted octanol–water partition coefficient (Wildman–Crippen LogP) is 1.53. The quantitative estimate of drug-likeness (QED) is 0.581. The summed E-state index contributed by atoms with van der Waals surface area (Å²) >= 11 is 0. The Balaban J connectivity index is 2.23. The Bertz CT molecular complexity index is 494. The maximum atomic E-state index is 11.9. The molecule has 0 aromatic heterocycles. The number of carbonyl (C=O) groups is 2. The molecule has 122 valence electrons. The van der Waals surface area contributed by atoms with Gasteiger partial charge in [0.15, 0.2) is 0 Å². The van der Waals surface area contributed by atoms with Gasteiger partial charge in [-0.1, -0.05) is 6.08 Å². The van der Waals surface area contributed by atoms with E-state index in [1.165, 1.54) is 14.2 Å². The van der Waals surface area contributed by atoms with E-state index in [0.717, 1.165) is 5.47 Å². The lowest BCUT2D eigenvalue weighted by Gasteiger charge is -2.32. The first-order valence-corrected chi connectivity index (χ1v) is 7.35. The van der Waals surface area contributed by atoms with Crippen molar-refractivity contribution in [1.29, 1.82) is 0 Å². The van der Waals surface area contributed by atoms with Crippen molar-refractivity contribution in [2.45, 2.75) is 45.3 Å². The van der Waals surface area contributed by atoms with Crippen LogP contribution in [0.25, 0.3) is 0 Å². The fourth-order valence-electron chi connectivity index (χ4n) is 2.71. The van der Waals surface area contributed by atoms with Crippen molar-refractivity contribution in [1.82, 2.24) is 0 Å². The second-order valence-electron chi connectivity index (χ2n) is 6.71. The Morgan fingerprint density at radius 3 is 2.05 bits per heavy atom. The van der Waals surface area contributed by atoms with Gasteiger partial charge < -0.3 is 18.8 Å². The van der Waals surface area contributed by atoms with Crippen LogP contribution >= 0.6 is 0 Å². The highest BCUT2D eigenvalue weighted by Crippen LogP contribution is 2.42. The molecule has 6 nitrogen and oxygen atoms in total. The molecule has 1 fully saturated rings. The summed E-state index contributed by atoms with van der Waals surface area (Å²) in [6.07, 6.45) is 2.08. The summed E-state index contributed by atoms with van der Waals surface area (Å²) in [6, 6.07) is 0. The van der Waals surface area contributed by atoms with E-state index in [4.69, 9.17) is 18.8 Å². The van der Waals surface area contributed by atoms with Crippen LogP contribution in [0.3, 0.4) is 0 Å². The summed E-state index contributed by atoms with van der Waals surface area (Å²) in [5.41, 5.74) is -0.157. The highest BCUT2D eigenvalue weighted by atomic mass is 16.7. The molecule has 0 aromatic carbocycles. The van der Waals surface area contributed by atoms with Crippen LogP contribution < -0.4 is 0 Å². The highest BCUT2D eigenvalue weighted by Gasteiger charge is 2.54. The van der Waals surface area contributed by atoms with Crippen LogP contribution in [0.1, 0.15) is 34.1 Å². The zero-order chi connectivity index (χ0) is 16.7. The average molecular weight is 310 g/mol. The smallest absolute Gasteiger partial charge is 0.469 e. The Morgan fingerprint density at radius 2 is 1.59 bits per heavy atom. The van der Waals surface area contributed by atoms with Gasteiger partial charge in [-0.3, -0.25) is 9.59 Å². The van der Waals surface area contributed by atoms with Gasteiger partial charge in [-0.25, -0.2) is 0 Å². The molecule has 2 rings (SSSR count). The summed E-state index contributed by atoms with van der Waals surface area (Å²) in [5, 5.41) is 0. The van der Waals surface area contributed by atoms with E-state index in [1.807, 2.05) is 27.7 Å². The molecular formula is C15H23BO6. The van der Waals surface area contributed by atoms with Gasteiger partial charge in [0.1, 0.15) is 0 Å². The van der Waals surface area contributed by atoms with E-state index >= 15 is 0 Å². The molecule has 1 aliphatic heterocycles. The number of methoxy groups -OCH3 is 2. The molecule has 0 amide bonds. The SMILES string of the molecule is COC(=O)[C@@H]1C=C(B2OC(C)(C)C(C)(C)O2)C[C@H]1C(=O)OC. The van der Waals surface area contributed by atoms with Crippen LogP contribution in [-0.2, 0) is 28.4 Å². The zero-order valence-corrected chi connectivity index (χ0v) is 14.0. The molecule has 0 saturated carbocycles. The van der Waals surface area contributed by atoms with Crippen molar-refractivity contribution < 1.29 is 28.4 Å². The second kappa shape index (κ2) is 5.70. The molecule has 7 heteroatoms. The Morgan fingerprint density at radius 1 is 1.09 bits per heavy atom. The molecule has 0 bridgehead atoms. The fourth-order valence-corrected chi connectivity index (χ4v) is 2.71. The maximum absolute atomic E-state index is 11.9. The summed E-state index contributed by atoms with van der Waals surface area (Å²) in [6.45, 7) is 7.83. The molecule has 0 spiro atoms. The van der Waals surface area contributed by atoms with Crippen LogP contribution in [0.2, 0.25) is 0 Å². The number of esters is 2. The van der Waals surface area contributed by atoms with E-state index in [9.17, 15) is 9.59 Å². The van der Waals surface area contributed by atoms with Crippen LogP contribution in [0, 0.1) is 11.8 Å². The van der Waals surface area contributed by atoms with Crippen LogP contribution in [0.15, 0.2) is 11.5 Å². The lowest BCUT2D eigenvalue weighted by Crippen LogP contribution is -2.41. The van der Waals surface area contributed by atoms with Crippen molar-refractivity contribution in [3.8, 4) is 0 Å². The fraction of sp³-hybridized carbons (Fsp3) is 0.733. The summed E-state index contributed by atoms with van der Waals surface area (Å²) in [4.78, 5) is 23.8. The zero-order valence-electron chi connectivity index (χ0n) is 14.0. The third-order valence-electron chi connectivity index (χ3n) is 4.82. The number of rotatable bonds is 3. The Labute approximate surface area is 131 Å². The highest BCUT2D eigenvalue weighted by molar-refractivity contribution is 6.54. The number of ether oxygens (including phenoxy) is 2. The van der Waals surface area contributed by atoms with Crippen molar-refractivity contribution in [2.24, 2.45) is 11.8 Å². The van der Waals surface area contributed by atoms with Gasteiger partial charge in [-0.05, 0) is 39.6 Å². The summed E-state index contributed by atoms with van der Waals surface area (Å²) < 4.78 is 21.5. The lowest BCUT2D eigenvalue weighted by molar-refractivity contribution is -0.154. The Hall–Kier alpha value is -1.34. The van der Waals surface area contributed by atoms with Gasteiger partial charge in [0.05, 0.1) is 37.3 Å². The third-order valence-corrected chi connectivity index (χ3v) is 4.82. The monoisotopic (exact) mass is 310 g/mol. The van der Waals surface area contributed by atoms with Gasteiger partial charge in [-0.2, -0.15) is 0 Å². The molecule has 2 aliphatic rings. The van der Waals surface area contributed by atoms with Crippen molar-refractivity contribution >= 4 is 19.1 Å². The number of hydrogen-bond donors (Lipinski definition) is 0. The summed E-state index contributed by atoms with van der Waals surface area (Å²) in [7, 11) is 2.05. The van der Waals surface area contributed by atoms with Gasteiger partial charge >= 0.3 is 19.1 Å². The van der Waals surface area contributed by atoms with Crippen molar-refractivity contribution in [3.63, 3.8) is 0 Å². The minimum Gasteiger partial charge on any atom is -0.469 e.